The smallest absolute Gasteiger partial charge is 0.303 e. The fourth-order valence-electron chi connectivity index (χ4n) is 1.30. The first kappa shape index (κ1) is 12.9. The zero-order chi connectivity index (χ0) is 11.8. The molecule has 3 nitrogen and oxygen atoms in total. The van der Waals surface area contributed by atoms with Crippen LogP contribution in [0, 0.1) is 0 Å². The molecule has 1 aromatic carbocycles. The molecule has 0 bridgehead atoms. The van der Waals surface area contributed by atoms with Gasteiger partial charge in [-0.3, -0.25) is 4.79 Å². The lowest BCUT2D eigenvalue weighted by atomic mass is 10.2. The molecule has 1 N–H and O–H groups in total. The van der Waals surface area contributed by atoms with E-state index < -0.39 is 5.97 Å². The lowest BCUT2D eigenvalue weighted by Crippen LogP contribution is -2.00. The van der Waals surface area contributed by atoms with Crippen molar-refractivity contribution < 1.29 is 14.6 Å². The van der Waals surface area contributed by atoms with Gasteiger partial charge in [-0.05, 0) is 31.2 Å². The van der Waals surface area contributed by atoms with Crippen LogP contribution >= 0.6 is 11.8 Å². The second-order valence-electron chi connectivity index (χ2n) is 3.35. The van der Waals surface area contributed by atoms with Crippen molar-refractivity contribution >= 4 is 17.7 Å². The number of unbranched alkanes of at least 4 members (excludes halogenated alkanes) is 1. The van der Waals surface area contributed by atoms with Crippen LogP contribution in [0.1, 0.15) is 19.3 Å². The molecule has 0 heterocycles. The second-order valence-corrected chi connectivity index (χ2v) is 4.20. The third-order valence-electron chi connectivity index (χ3n) is 2.11. The van der Waals surface area contributed by atoms with Gasteiger partial charge in [-0.15, -0.1) is 11.8 Å². The molecule has 88 valence electrons. The summed E-state index contributed by atoms with van der Waals surface area (Å²) in [5.41, 5.74) is 0. The molecule has 0 spiro atoms. The molecular weight excluding hydrogens is 224 g/mol. The summed E-state index contributed by atoms with van der Waals surface area (Å²) in [6.45, 7) is 0.574. The number of carboxylic acid groups (broad SMARTS) is 1. The van der Waals surface area contributed by atoms with Crippen LogP contribution in [0.25, 0.3) is 0 Å². The number of carbonyl (C=O) groups is 1. The van der Waals surface area contributed by atoms with Crippen LogP contribution in [0.2, 0.25) is 0 Å². The van der Waals surface area contributed by atoms with Gasteiger partial charge in [0.1, 0.15) is 5.75 Å². The third-order valence-corrected chi connectivity index (χ3v) is 2.89. The summed E-state index contributed by atoms with van der Waals surface area (Å²) < 4.78 is 5.60. The van der Waals surface area contributed by atoms with E-state index in [0.29, 0.717) is 13.0 Å². The molecule has 0 atom stereocenters. The Labute approximate surface area is 99.8 Å². The SMILES string of the molecule is CSc1ccccc1OCCCCC(=O)O. The average molecular weight is 240 g/mol. The van der Waals surface area contributed by atoms with Gasteiger partial charge in [0, 0.05) is 11.3 Å². The summed E-state index contributed by atoms with van der Waals surface area (Å²) in [6, 6.07) is 7.86. The molecule has 0 radical (unpaired) electrons. The number of rotatable bonds is 7. The first-order chi connectivity index (χ1) is 7.74. The monoisotopic (exact) mass is 240 g/mol. The van der Waals surface area contributed by atoms with Crippen LogP contribution in [0.5, 0.6) is 5.75 Å². The summed E-state index contributed by atoms with van der Waals surface area (Å²) in [5, 5.41) is 8.47. The molecule has 0 amide bonds. The van der Waals surface area contributed by atoms with Crippen molar-refractivity contribution in [3.05, 3.63) is 24.3 Å². The predicted octanol–water partition coefficient (Wildman–Crippen LogP) is 3.04. The summed E-state index contributed by atoms with van der Waals surface area (Å²) in [7, 11) is 0. The number of hydrogen-bond donors (Lipinski definition) is 1. The maximum absolute atomic E-state index is 10.3. The molecule has 1 aromatic rings. The highest BCUT2D eigenvalue weighted by Crippen LogP contribution is 2.26. The topological polar surface area (TPSA) is 46.5 Å². The molecule has 0 aliphatic carbocycles. The first-order valence-corrected chi connectivity index (χ1v) is 6.44. The molecular formula is C12H16O3S. The van der Waals surface area contributed by atoms with E-state index in [9.17, 15) is 4.79 Å². The number of carboxylic acids is 1. The molecule has 16 heavy (non-hydrogen) atoms. The van der Waals surface area contributed by atoms with Crippen molar-refractivity contribution in [3.63, 3.8) is 0 Å². The standard InChI is InChI=1S/C12H16O3S/c1-16-11-7-3-2-6-10(11)15-9-5-4-8-12(13)14/h2-3,6-7H,4-5,8-9H2,1H3,(H,13,14). The fraction of sp³-hybridized carbons (Fsp3) is 0.417. The van der Waals surface area contributed by atoms with Crippen LogP contribution < -0.4 is 4.74 Å². The Morgan fingerprint density at radius 2 is 2.12 bits per heavy atom. The second kappa shape index (κ2) is 7.17. The third kappa shape index (κ3) is 4.57. The Balaban J connectivity index is 2.28. The van der Waals surface area contributed by atoms with Crippen LogP contribution in [0.15, 0.2) is 29.2 Å². The Morgan fingerprint density at radius 3 is 2.81 bits per heavy atom. The summed E-state index contributed by atoms with van der Waals surface area (Å²) >= 11 is 1.64. The minimum absolute atomic E-state index is 0.216. The lowest BCUT2D eigenvalue weighted by molar-refractivity contribution is -0.137. The Hall–Kier alpha value is -1.16. The molecule has 0 aromatic heterocycles. The van der Waals surface area contributed by atoms with Gasteiger partial charge in [0.05, 0.1) is 6.61 Å². The van der Waals surface area contributed by atoms with Crippen molar-refractivity contribution in [2.45, 2.75) is 24.2 Å². The van der Waals surface area contributed by atoms with E-state index in [-0.39, 0.29) is 6.42 Å². The van der Waals surface area contributed by atoms with Gasteiger partial charge in [-0.1, -0.05) is 12.1 Å². The molecule has 0 aliphatic heterocycles. The Morgan fingerprint density at radius 1 is 1.38 bits per heavy atom. The Kier molecular flexibility index (Phi) is 5.78. The maximum Gasteiger partial charge on any atom is 0.303 e. The average Bonchev–Trinajstić information content (AvgIpc) is 2.29. The van der Waals surface area contributed by atoms with E-state index in [1.165, 1.54) is 0 Å². The van der Waals surface area contributed by atoms with Crippen LogP contribution in [0.4, 0.5) is 0 Å². The molecule has 0 fully saturated rings. The van der Waals surface area contributed by atoms with Gasteiger partial charge in [-0.2, -0.15) is 0 Å². The maximum atomic E-state index is 10.3. The van der Waals surface area contributed by atoms with Crippen molar-refractivity contribution in [3.8, 4) is 5.75 Å². The van der Waals surface area contributed by atoms with Gasteiger partial charge in [0.2, 0.25) is 0 Å². The highest BCUT2D eigenvalue weighted by molar-refractivity contribution is 7.98. The molecule has 0 aliphatic rings. The predicted molar refractivity (Wildman–Crippen MR) is 65.2 cm³/mol. The Bertz CT molecular complexity index is 339. The van der Waals surface area contributed by atoms with Crippen LogP contribution in [-0.4, -0.2) is 23.9 Å². The lowest BCUT2D eigenvalue weighted by Gasteiger charge is -2.09. The van der Waals surface area contributed by atoms with Gasteiger partial charge in [0.25, 0.3) is 0 Å². The van der Waals surface area contributed by atoms with Crippen molar-refractivity contribution in [2.24, 2.45) is 0 Å². The minimum atomic E-state index is -0.746. The first-order valence-electron chi connectivity index (χ1n) is 5.21. The van der Waals surface area contributed by atoms with Crippen LogP contribution in [0.3, 0.4) is 0 Å². The van der Waals surface area contributed by atoms with Gasteiger partial charge in [0.15, 0.2) is 0 Å². The normalized spacial score (nSPS) is 10.1. The van der Waals surface area contributed by atoms with E-state index in [1.807, 2.05) is 30.5 Å². The number of ether oxygens (including phenoxy) is 1. The largest absolute Gasteiger partial charge is 0.492 e. The minimum Gasteiger partial charge on any atom is -0.492 e. The quantitative estimate of drug-likeness (QED) is 0.588. The van der Waals surface area contributed by atoms with Crippen molar-refractivity contribution in [1.29, 1.82) is 0 Å². The molecule has 4 heteroatoms. The highest BCUT2D eigenvalue weighted by atomic mass is 32.2. The highest BCUT2D eigenvalue weighted by Gasteiger charge is 2.01. The number of aliphatic carboxylic acids is 1. The van der Waals surface area contributed by atoms with E-state index >= 15 is 0 Å². The summed E-state index contributed by atoms with van der Waals surface area (Å²) in [6.07, 6.45) is 3.66. The molecule has 0 saturated carbocycles. The summed E-state index contributed by atoms with van der Waals surface area (Å²) in [4.78, 5) is 11.4. The van der Waals surface area contributed by atoms with Crippen LogP contribution in [-0.2, 0) is 4.79 Å². The molecule has 1 rings (SSSR count). The number of hydrogen-bond acceptors (Lipinski definition) is 3. The summed E-state index contributed by atoms with van der Waals surface area (Å²) in [5.74, 6) is 0.134. The van der Waals surface area contributed by atoms with E-state index in [1.54, 1.807) is 11.8 Å². The van der Waals surface area contributed by atoms with E-state index in [2.05, 4.69) is 0 Å². The van der Waals surface area contributed by atoms with Crippen molar-refractivity contribution in [2.75, 3.05) is 12.9 Å². The zero-order valence-electron chi connectivity index (χ0n) is 9.31. The van der Waals surface area contributed by atoms with Gasteiger partial charge >= 0.3 is 5.97 Å². The fourth-order valence-corrected chi connectivity index (χ4v) is 1.84. The molecule has 0 unspecified atom stereocenters. The molecule has 0 saturated heterocycles. The number of para-hydroxylation sites is 1. The van der Waals surface area contributed by atoms with Gasteiger partial charge in [-0.25, -0.2) is 0 Å². The van der Waals surface area contributed by atoms with Gasteiger partial charge < -0.3 is 9.84 Å². The van der Waals surface area contributed by atoms with E-state index in [4.69, 9.17) is 9.84 Å². The number of benzene rings is 1. The zero-order valence-corrected chi connectivity index (χ0v) is 10.1. The van der Waals surface area contributed by atoms with E-state index in [0.717, 1.165) is 17.1 Å². The van der Waals surface area contributed by atoms with Crippen molar-refractivity contribution in [1.82, 2.24) is 0 Å². The number of thioether (sulfide) groups is 1.